The smallest absolute Gasteiger partial charge is 0.164 e. The molecule has 2 aliphatic rings. The van der Waals surface area contributed by atoms with E-state index in [2.05, 4.69) is 66.7 Å². The van der Waals surface area contributed by atoms with E-state index in [-0.39, 0.29) is 0 Å². The van der Waals surface area contributed by atoms with Crippen molar-refractivity contribution in [3.05, 3.63) is 169 Å². The number of rotatable bonds is 8. The summed E-state index contributed by atoms with van der Waals surface area (Å²) >= 11 is 0. The molecule has 2 bridgehead atoms. The van der Waals surface area contributed by atoms with Gasteiger partial charge in [0.25, 0.3) is 0 Å². The predicted molar refractivity (Wildman–Crippen MR) is 220 cm³/mol. The lowest BCUT2D eigenvalue weighted by atomic mass is 9.77. The summed E-state index contributed by atoms with van der Waals surface area (Å²) in [5.41, 5.74) is 9.56. The van der Waals surface area contributed by atoms with Crippen molar-refractivity contribution in [2.45, 2.75) is 37.5 Å². The molecule has 264 valence electrons. The molecule has 2 heterocycles. The van der Waals surface area contributed by atoms with Crippen molar-refractivity contribution < 1.29 is 0 Å². The van der Waals surface area contributed by atoms with Crippen LogP contribution in [0.2, 0.25) is 0 Å². The summed E-state index contributed by atoms with van der Waals surface area (Å²) < 4.78 is 0. The average Bonchev–Trinajstić information content (AvgIpc) is 3.90. The van der Waals surface area contributed by atoms with E-state index in [1.165, 1.54) is 37.7 Å². The summed E-state index contributed by atoms with van der Waals surface area (Å²) in [6, 6.07) is 56.0. The molecule has 0 unspecified atom stereocenters. The number of benzene rings is 6. The van der Waals surface area contributed by atoms with Gasteiger partial charge < -0.3 is 0 Å². The van der Waals surface area contributed by atoms with E-state index in [0.29, 0.717) is 40.4 Å². The third-order valence-corrected chi connectivity index (χ3v) is 11.5. The number of fused-ring (bicyclic) bond motifs is 2. The Kier molecular flexibility index (Phi) is 8.36. The van der Waals surface area contributed by atoms with Gasteiger partial charge in [0, 0.05) is 33.4 Å². The van der Waals surface area contributed by atoms with E-state index in [1.54, 1.807) is 0 Å². The number of hydrogen-bond acceptors (Lipinski definition) is 6. The van der Waals surface area contributed by atoms with Gasteiger partial charge in [-0.05, 0) is 60.1 Å². The first-order valence-electron chi connectivity index (χ1n) is 19.2. The Labute approximate surface area is 321 Å². The van der Waals surface area contributed by atoms with Crippen LogP contribution in [0, 0.1) is 5.92 Å². The Hall–Kier alpha value is -6.66. The zero-order chi connectivity index (χ0) is 36.6. The van der Waals surface area contributed by atoms with Crippen LogP contribution in [0.5, 0.6) is 0 Å². The minimum absolute atomic E-state index is 0.358. The van der Waals surface area contributed by atoms with Crippen molar-refractivity contribution in [2.24, 2.45) is 5.92 Å². The van der Waals surface area contributed by atoms with Gasteiger partial charge in [-0.15, -0.1) is 0 Å². The SMILES string of the molecule is c1ccc(-c2nc(-c3ccc(-c4nc(-c5ccccc5)nc(-c5ccccc5-c5ccccc5)n4)cc3)nc(-c3ccc(C45CCC(CC4)C5)cc3)n2)cc1. The maximum Gasteiger partial charge on any atom is 0.164 e. The van der Waals surface area contributed by atoms with E-state index >= 15 is 0 Å². The van der Waals surface area contributed by atoms with Gasteiger partial charge >= 0.3 is 0 Å². The molecule has 10 rings (SSSR count). The Bertz CT molecular complexity index is 2600. The highest BCUT2D eigenvalue weighted by Crippen LogP contribution is 2.55. The van der Waals surface area contributed by atoms with Crippen molar-refractivity contribution in [3.63, 3.8) is 0 Å². The molecule has 0 amide bonds. The molecule has 2 saturated carbocycles. The Morgan fingerprint density at radius 2 is 0.673 bits per heavy atom. The molecule has 0 saturated heterocycles. The fourth-order valence-electron chi connectivity index (χ4n) is 8.58. The highest BCUT2D eigenvalue weighted by Gasteiger charge is 2.45. The maximum absolute atomic E-state index is 5.08. The fraction of sp³-hybridized carbons (Fsp3) is 0.143. The van der Waals surface area contributed by atoms with Gasteiger partial charge in [0.15, 0.2) is 34.9 Å². The van der Waals surface area contributed by atoms with Crippen LogP contribution in [0.25, 0.3) is 79.5 Å². The summed E-state index contributed by atoms with van der Waals surface area (Å²) in [5.74, 6) is 4.66. The summed E-state index contributed by atoms with van der Waals surface area (Å²) in [7, 11) is 0. The molecule has 0 atom stereocenters. The lowest BCUT2D eigenvalue weighted by Gasteiger charge is -2.27. The van der Waals surface area contributed by atoms with E-state index in [0.717, 1.165) is 50.4 Å². The lowest BCUT2D eigenvalue weighted by molar-refractivity contribution is 0.419. The van der Waals surface area contributed by atoms with E-state index in [4.69, 9.17) is 29.9 Å². The Morgan fingerprint density at radius 3 is 1.09 bits per heavy atom. The normalized spacial score (nSPS) is 17.3. The Balaban J connectivity index is 1.04. The van der Waals surface area contributed by atoms with Gasteiger partial charge in [-0.3, -0.25) is 0 Å². The first-order chi connectivity index (χ1) is 27.2. The van der Waals surface area contributed by atoms with Crippen molar-refractivity contribution >= 4 is 0 Å². The molecule has 2 fully saturated rings. The van der Waals surface area contributed by atoms with Crippen LogP contribution in [0.15, 0.2) is 164 Å². The van der Waals surface area contributed by atoms with E-state index in [1.807, 2.05) is 97.1 Å². The molecule has 0 radical (unpaired) electrons. The standard InChI is InChI=1S/C49H38N6/c1-4-12-34(13-5-1)41-18-10-11-19-42(41)48-54-44(36-16-8-3-9-17-36)52-47(55-48)38-22-20-37(21-23-38)45-50-43(35-14-6-2-7-15-35)51-46(53-45)39-24-26-40(27-25-39)49-30-28-33(32-49)29-31-49/h1-27,33H,28-32H2. The third kappa shape index (κ3) is 6.40. The van der Waals surface area contributed by atoms with Crippen LogP contribution in [0.3, 0.4) is 0 Å². The summed E-state index contributed by atoms with van der Waals surface area (Å²) in [4.78, 5) is 30.1. The number of nitrogens with zero attached hydrogens (tertiary/aromatic N) is 6. The number of aromatic nitrogens is 6. The summed E-state index contributed by atoms with van der Waals surface area (Å²) in [6.45, 7) is 0. The summed E-state index contributed by atoms with van der Waals surface area (Å²) in [6.07, 6.45) is 6.67. The Morgan fingerprint density at radius 1 is 0.327 bits per heavy atom. The second-order valence-electron chi connectivity index (χ2n) is 14.8. The topological polar surface area (TPSA) is 77.3 Å². The molecule has 55 heavy (non-hydrogen) atoms. The van der Waals surface area contributed by atoms with E-state index < -0.39 is 0 Å². The van der Waals surface area contributed by atoms with Gasteiger partial charge in [0.1, 0.15) is 0 Å². The summed E-state index contributed by atoms with van der Waals surface area (Å²) in [5, 5.41) is 0. The first kappa shape index (κ1) is 32.9. The van der Waals surface area contributed by atoms with Crippen molar-refractivity contribution in [1.82, 2.24) is 29.9 Å². The molecule has 6 nitrogen and oxygen atoms in total. The monoisotopic (exact) mass is 710 g/mol. The second-order valence-corrected chi connectivity index (χ2v) is 14.8. The van der Waals surface area contributed by atoms with Gasteiger partial charge in [0.2, 0.25) is 0 Å². The van der Waals surface area contributed by atoms with Gasteiger partial charge in [-0.1, -0.05) is 164 Å². The highest BCUT2D eigenvalue weighted by molar-refractivity contribution is 5.82. The van der Waals surface area contributed by atoms with Crippen molar-refractivity contribution in [1.29, 1.82) is 0 Å². The van der Waals surface area contributed by atoms with Gasteiger partial charge in [-0.25, -0.2) is 29.9 Å². The maximum atomic E-state index is 5.08. The minimum Gasteiger partial charge on any atom is -0.208 e. The van der Waals surface area contributed by atoms with Gasteiger partial charge in [-0.2, -0.15) is 0 Å². The zero-order valence-electron chi connectivity index (χ0n) is 30.4. The van der Waals surface area contributed by atoms with Crippen LogP contribution < -0.4 is 0 Å². The average molecular weight is 711 g/mol. The van der Waals surface area contributed by atoms with E-state index in [9.17, 15) is 0 Å². The van der Waals surface area contributed by atoms with Crippen molar-refractivity contribution in [2.75, 3.05) is 0 Å². The molecule has 0 N–H and O–H groups in total. The molecular weight excluding hydrogens is 673 g/mol. The van der Waals surface area contributed by atoms with Crippen molar-refractivity contribution in [3.8, 4) is 79.5 Å². The highest BCUT2D eigenvalue weighted by atomic mass is 15.0. The second kappa shape index (κ2) is 14.0. The quantitative estimate of drug-likeness (QED) is 0.156. The lowest BCUT2D eigenvalue weighted by Crippen LogP contribution is -2.19. The van der Waals surface area contributed by atoms with Crippen LogP contribution in [-0.4, -0.2) is 29.9 Å². The van der Waals surface area contributed by atoms with Crippen LogP contribution in [-0.2, 0) is 5.41 Å². The fourth-order valence-corrected chi connectivity index (χ4v) is 8.58. The minimum atomic E-state index is 0.358. The molecule has 6 aromatic carbocycles. The molecule has 2 aromatic heterocycles. The molecular formula is C49H38N6. The third-order valence-electron chi connectivity index (χ3n) is 11.5. The van der Waals surface area contributed by atoms with Crippen LogP contribution >= 0.6 is 0 Å². The van der Waals surface area contributed by atoms with Gasteiger partial charge in [0.05, 0.1) is 0 Å². The first-order valence-corrected chi connectivity index (χ1v) is 19.2. The number of hydrogen-bond donors (Lipinski definition) is 0. The van der Waals surface area contributed by atoms with Crippen LogP contribution in [0.4, 0.5) is 0 Å². The predicted octanol–water partition coefficient (Wildman–Crippen LogP) is 11.6. The molecule has 6 heteroatoms. The molecule has 8 aromatic rings. The molecule has 0 spiro atoms. The zero-order valence-corrected chi connectivity index (χ0v) is 30.4. The largest absolute Gasteiger partial charge is 0.208 e. The van der Waals surface area contributed by atoms with Crippen LogP contribution in [0.1, 0.15) is 37.7 Å². The molecule has 2 aliphatic carbocycles. The molecule has 0 aliphatic heterocycles.